The SMILES string of the molecule is CCCCCCCCN(C(=O)CP(=O)(CC(C)C)CC(C)C)c1ccccc1. The van der Waals surface area contributed by atoms with Gasteiger partial charge in [0, 0.05) is 24.6 Å². The second-order valence-electron chi connectivity index (χ2n) is 9.02. The van der Waals surface area contributed by atoms with Gasteiger partial charge in [-0.15, -0.1) is 0 Å². The Bertz CT molecular complexity index is 584. The van der Waals surface area contributed by atoms with Crippen molar-refractivity contribution in [2.45, 2.75) is 73.1 Å². The molecular formula is C24H42NO2P. The predicted molar refractivity (Wildman–Crippen MR) is 124 cm³/mol. The van der Waals surface area contributed by atoms with Crippen LogP contribution in [0.4, 0.5) is 5.69 Å². The highest BCUT2D eigenvalue weighted by atomic mass is 31.2. The van der Waals surface area contributed by atoms with Gasteiger partial charge in [0.15, 0.2) is 0 Å². The summed E-state index contributed by atoms with van der Waals surface area (Å²) in [6.45, 7) is 11.3. The highest BCUT2D eigenvalue weighted by molar-refractivity contribution is 7.64. The summed E-state index contributed by atoms with van der Waals surface area (Å²) in [5.41, 5.74) is 0.932. The van der Waals surface area contributed by atoms with E-state index in [-0.39, 0.29) is 12.1 Å². The quantitative estimate of drug-likeness (QED) is 0.245. The van der Waals surface area contributed by atoms with Gasteiger partial charge < -0.3 is 9.46 Å². The van der Waals surface area contributed by atoms with E-state index >= 15 is 0 Å². The lowest BCUT2D eigenvalue weighted by atomic mass is 10.1. The van der Waals surface area contributed by atoms with Gasteiger partial charge >= 0.3 is 0 Å². The summed E-state index contributed by atoms with van der Waals surface area (Å²) in [5.74, 6) is 0.728. The van der Waals surface area contributed by atoms with Crippen molar-refractivity contribution in [1.82, 2.24) is 0 Å². The van der Waals surface area contributed by atoms with E-state index < -0.39 is 7.14 Å². The molecule has 3 nitrogen and oxygen atoms in total. The first kappa shape index (κ1) is 25.0. The van der Waals surface area contributed by atoms with Crippen molar-refractivity contribution in [3.63, 3.8) is 0 Å². The molecule has 0 aliphatic carbocycles. The van der Waals surface area contributed by atoms with Crippen LogP contribution in [0.2, 0.25) is 0 Å². The van der Waals surface area contributed by atoms with Gasteiger partial charge in [0.25, 0.3) is 0 Å². The molecule has 0 spiro atoms. The molecule has 1 rings (SSSR count). The normalized spacial score (nSPS) is 12.0. The van der Waals surface area contributed by atoms with Crippen LogP contribution in [0.3, 0.4) is 0 Å². The van der Waals surface area contributed by atoms with Crippen molar-refractivity contribution >= 4 is 18.7 Å². The molecule has 160 valence electrons. The fourth-order valence-electron chi connectivity index (χ4n) is 3.92. The molecule has 0 bridgehead atoms. The summed E-state index contributed by atoms with van der Waals surface area (Å²) in [6, 6.07) is 9.90. The molecule has 28 heavy (non-hydrogen) atoms. The zero-order chi connectivity index (χ0) is 21.0. The highest BCUT2D eigenvalue weighted by Gasteiger charge is 2.30. The van der Waals surface area contributed by atoms with Crippen LogP contribution in [0.25, 0.3) is 0 Å². The van der Waals surface area contributed by atoms with Crippen molar-refractivity contribution < 1.29 is 9.36 Å². The van der Waals surface area contributed by atoms with Crippen LogP contribution >= 0.6 is 7.14 Å². The minimum atomic E-state index is -2.51. The molecule has 0 N–H and O–H groups in total. The average Bonchev–Trinajstić information content (AvgIpc) is 2.59. The topological polar surface area (TPSA) is 37.4 Å². The van der Waals surface area contributed by atoms with E-state index in [0.717, 1.165) is 25.1 Å². The van der Waals surface area contributed by atoms with E-state index in [4.69, 9.17) is 0 Å². The van der Waals surface area contributed by atoms with Crippen LogP contribution < -0.4 is 4.90 Å². The molecule has 0 aromatic heterocycles. The summed E-state index contributed by atoms with van der Waals surface area (Å²) >= 11 is 0. The van der Waals surface area contributed by atoms with E-state index in [1.54, 1.807) is 0 Å². The van der Waals surface area contributed by atoms with Crippen LogP contribution in [-0.4, -0.2) is 30.9 Å². The number of para-hydroxylation sites is 1. The molecule has 0 atom stereocenters. The van der Waals surface area contributed by atoms with E-state index in [0.29, 0.717) is 24.2 Å². The van der Waals surface area contributed by atoms with E-state index in [1.165, 1.54) is 25.7 Å². The smallest absolute Gasteiger partial charge is 0.234 e. The molecule has 1 aromatic rings. The van der Waals surface area contributed by atoms with Crippen molar-refractivity contribution in [3.05, 3.63) is 30.3 Å². The standard InChI is InChI=1S/C24H42NO2P/c1-6-7-8-9-10-14-17-25(23-15-12-11-13-16-23)24(26)20-28(27,18-21(2)3)19-22(4)5/h11-13,15-16,21-22H,6-10,14,17-20H2,1-5H3. The largest absolute Gasteiger partial charge is 0.323 e. The van der Waals surface area contributed by atoms with Gasteiger partial charge in [-0.2, -0.15) is 0 Å². The molecule has 0 aliphatic heterocycles. The Balaban J connectivity index is 2.83. The first-order valence-electron chi connectivity index (χ1n) is 11.2. The Morgan fingerprint density at radius 2 is 1.43 bits per heavy atom. The molecule has 0 saturated heterocycles. The second-order valence-corrected chi connectivity index (χ2v) is 12.2. The Hall–Kier alpha value is -1.08. The number of carbonyl (C=O) groups is 1. The van der Waals surface area contributed by atoms with Crippen LogP contribution in [0.1, 0.15) is 73.1 Å². The van der Waals surface area contributed by atoms with Gasteiger partial charge in [0.2, 0.25) is 5.91 Å². The second kappa shape index (κ2) is 13.2. The van der Waals surface area contributed by atoms with Gasteiger partial charge in [0.1, 0.15) is 0 Å². The molecule has 1 amide bonds. The first-order chi connectivity index (χ1) is 13.3. The number of carbonyl (C=O) groups excluding carboxylic acids is 1. The van der Waals surface area contributed by atoms with E-state index in [9.17, 15) is 9.36 Å². The summed E-state index contributed by atoms with van der Waals surface area (Å²) in [6.07, 6.45) is 8.71. The Morgan fingerprint density at radius 3 is 1.96 bits per heavy atom. The zero-order valence-corrected chi connectivity index (χ0v) is 19.7. The van der Waals surface area contributed by atoms with Crippen molar-refractivity contribution in [1.29, 1.82) is 0 Å². The molecule has 0 fully saturated rings. The summed E-state index contributed by atoms with van der Waals surface area (Å²) in [4.78, 5) is 15.1. The monoisotopic (exact) mass is 407 g/mol. The van der Waals surface area contributed by atoms with Gasteiger partial charge in [0.05, 0.1) is 13.3 Å². The molecule has 0 unspecified atom stereocenters. The minimum absolute atomic E-state index is 0.0318. The molecule has 0 aliphatic rings. The third-order valence-corrected chi connectivity index (χ3v) is 8.56. The number of hydrogen-bond acceptors (Lipinski definition) is 2. The lowest BCUT2D eigenvalue weighted by Gasteiger charge is -2.27. The Kier molecular flexibility index (Phi) is 11.8. The van der Waals surface area contributed by atoms with Crippen LogP contribution in [-0.2, 0) is 9.36 Å². The van der Waals surface area contributed by atoms with Gasteiger partial charge in [-0.25, -0.2) is 0 Å². The third-order valence-electron chi connectivity index (χ3n) is 4.92. The Morgan fingerprint density at radius 1 is 0.893 bits per heavy atom. The average molecular weight is 408 g/mol. The van der Waals surface area contributed by atoms with Gasteiger partial charge in [-0.3, -0.25) is 4.79 Å². The van der Waals surface area contributed by atoms with Crippen LogP contribution in [0.5, 0.6) is 0 Å². The number of rotatable bonds is 14. The molecular weight excluding hydrogens is 365 g/mol. The first-order valence-corrected chi connectivity index (χ1v) is 13.5. The maximum atomic E-state index is 13.6. The maximum Gasteiger partial charge on any atom is 0.234 e. The lowest BCUT2D eigenvalue weighted by molar-refractivity contribution is -0.116. The molecule has 4 heteroatoms. The fourth-order valence-corrected chi connectivity index (χ4v) is 7.66. The number of nitrogens with zero attached hydrogens (tertiary/aromatic N) is 1. The van der Waals surface area contributed by atoms with Crippen molar-refractivity contribution in [3.8, 4) is 0 Å². The fraction of sp³-hybridized carbons (Fsp3) is 0.708. The van der Waals surface area contributed by atoms with Gasteiger partial charge in [-0.1, -0.05) is 84.9 Å². The van der Waals surface area contributed by atoms with Gasteiger partial charge in [-0.05, 0) is 30.4 Å². The zero-order valence-electron chi connectivity index (χ0n) is 18.8. The molecule has 0 heterocycles. The van der Waals surface area contributed by atoms with Crippen molar-refractivity contribution in [2.24, 2.45) is 11.8 Å². The molecule has 0 saturated carbocycles. The highest BCUT2D eigenvalue weighted by Crippen LogP contribution is 2.49. The van der Waals surface area contributed by atoms with Crippen LogP contribution in [0, 0.1) is 11.8 Å². The minimum Gasteiger partial charge on any atom is -0.323 e. The number of amides is 1. The number of anilines is 1. The molecule has 1 aromatic carbocycles. The van der Waals surface area contributed by atoms with E-state index in [2.05, 4.69) is 34.6 Å². The molecule has 0 radical (unpaired) electrons. The number of benzene rings is 1. The summed E-state index contributed by atoms with van der Waals surface area (Å²) in [7, 11) is -2.51. The van der Waals surface area contributed by atoms with Crippen molar-refractivity contribution in [2.75, 3.05) is 29.9 Å². The summed E-state index contributed by atoms with van der Waals surface area (Å²) in [5, 5.41) is 0. The third kappa shape index (κ3) is 9.92. The number of unbranched alkanes of at least 4 members (excludes halogenated alkanes) is 5. The summed E-state index contributed by atoms with van der Waals surface area (Å²) < 4.78 is 13.6. The predicted octanol–water partition coefficient (Wildman–Crippen LogP) is 7.06. The maximum absolute atomic E-state index is 13.6. The number of hydrogen-bond donors (Lipinski definition) is 0. The van der Waals surface area contributed by atoms with E-state index in [1.807, 2.05) is 35.2 Å². The Labute approximate surface area is 173 Å². The van der Waals surface area contributed by atoms with Crippen LogP contribution in [0.15, 0.2) is 30.3 Å². The lowest BCUT2D eigenvalue weighted by Crippen LogP contribution is -2.35.